The lowest BCUT2D eigenvalue weighted by atomic mass is 10.2. The van der Waals surface area contributed by atoms with Crippen molar-refractivity contribution in [3.63, 3.8) is 0 Å². The van der Waals surface area contributed by atoms with Crippen molar-refractivity contribution in [3.8, 4) is 23.0 Å². The number of carbonyl (C=O) groups excluding carboxylic acids is 1. The molecule has 0 aliphatic rings. The highest BCUT2D eigenvalue weighted by Crippen LogP contribution is 2.25. The molecule has 0 spiro atoms. The molecule has 0 radical (unpaired) electrons. The average molecular weight is 359 g/mol. The summed E-state index contributed by atoms with van der Waals surface area (Å²) in [6.07, 6.45) is 0.000238. The minimum atomic E-state index is -0.561. The molecule has 0 saturated carbocycles. The van der Waals surface area contributed by atoms with Gasteiger partial charge in [-0.2, -0.15) is 0 Å². The van der Waals surface area contributed by atoms with Gasteiger partial charge in [0.2, 0.25) is 0 Å². The lowest BCUT2D eigenvalue weighted by Gasteiger charge is -2.18. The van der Waals surface area contributed by atoms with E-state index in [1.54, 1.807) is 38.5 Å². The summed E-state index contributed by atoms with van der Waals surface area (Å²) >= 11 is 0. The number of para-hydroxylation sites is 2. The van der Waals surface area contributed by atoms with Gasteiger partial charge in [-0.1, -0.05) is 19.1 Å². The number of amides is 1. The van der Waals surface area contributed by atoms with Crippen molar-refractivity contribution in [1.29, 1.82) is 0 Å². The second-order valence-electron chi connectivity index (χ2n) is 5.48. The molecule has 140 valence electrons. The van der Waals surface area contributed by atoms with E-state index in [1.807, 2.05) is 31.2 Å². The van der Waals surface area contributed by atoms with E-state index in [0.29, 0.717) is 36.8 Å². The summed E-state index contributed by atoms with van der Waals surface area (Å²) in [5, 5.41) is 2.83. The molecule has 0 saturated heterocycles. The Labute approximate surface area is 154 Å². The Morgan fingerprint density at radius 2 is 1.62 bits per heavy atom. The number of hydrogen-bond donors (Lipinski definition) is 1. The first-order valence-electron chi connectivity index (χ1n) is 8.52. The average Bonchev–Trinajstić information content (AvgIpc) is 2.69. The van der Waals surface area contributed by atoms with Crippen LogP contribution in [0.5, 0.6) is 23.0 Å². The van der Waals surface area contributed by atoms with Crippen LogP contribution in [0.2, 0.25) is 0 Å². The lowest BCUT2D eigenvalue weighted by molar-refractivity contribution is -0.128. The first-order valence-corrected chi connectivity index (χ1v) is 8.52. The van der Waals surface area contributed by atoms with Crippen LogP contribution in [-0.2, 0) is 4.79 Å². The molecule has 6 heteroatoms. The van der Waals surface area contributed by atoms with Crippen molar-refractivity contribution in [2.24, 2.45) is 0 Å². The summed E-state index contributed by atoms with van der Waals surface area (Å²) in [4.78, 5) is 12.3. The van der Waals surface area contributed by atoms with Crippen molar-refractivity contribution in [1.82, 2.24) is 5.32 Å². The van der Waals surface area contributed by atoms with Gasteiger partial charge in [0.25, 0.3) is 5.91 Å². The standard InChI is InChI=1S/C20H25NO5/c1-4-17(26-16-11-9-15(23-2)10-12-16)20(22)21-13-14-25-19-8-6-5-7-18(19)24-3/h5-12,17H,4,13-14H2,1-3H3,(H,21,22). The number of rotatable bonds is 10. The summed E-state index contributed by atoms with van der Waals surface area (Å²) in [5.41, 5.74) is 0. The topological polar surface area (TPSA) is 66.0 Å². The second-order valence-corrected chi connectivity index (χ2v) is 5.48. The van der Waals surface area contributed by atoms with Gasteiger partial charge in [-0.15, -0.1) is 0 Å². The molecule has 0 fully saturated rings. The predicted octanol–water partition coefficient (Wildman–Crippen LogP) is 3.06. The maximum atomic E-state index is 12.3. The Hall–Kier alpha value is -2.89. The molecular weight excluding hydrogens is 334 g/mol. The fraction of sp³-hybridized carbons (Fsp3) is 0.350. The van der Waals surface area contributed by atoms with Gasteiger partial charge in [0.15, 0.2) is 17.6 Å². The third kappa shape index (κ3) is 5.58. The van der Waals surface area contributed by atoms with Crippen molar-refractivity contribution in [2.45, 2.75) is 19.4 Å². The molecule has 6 nitrogen and oxygen atoms in total. The van der Waals surface area contributed by atoms with E-state index >= 15 is 0 Å². The van der Waals surface area contributed by atoms with Crippen LogP contribution in [0.15, 0.2) is 48.5 Å². The van der Waals surface area contributed by atoms with E-state index in [-0.39, 0.29) is 5.91 Å². The molecule has 1 unspecified atom stereocenters. The Balaban J connectivity index is 1.79. The fourth-order valence-corrected chi connectivity index (χ4v) is 2.33. The third-order valence-electron chi connectivity index (χ3n) is 3.73. The van der Waals surface area contributed by atoms with Crippen LogP contribution in [0.25, 0.3) is 0 Å². The van der Waals surface area contributed by atoms with Gasteiger partial charge in [-0.3, -0.25) is 4.79 Å². The molecule has 1 N–H and O–H groups in total. The largest absolute Gasteiger partial charge is 0.497 e. The highest BCUT2D eigenvalue weighted by atomic mass is 16.5. The molecule has 0 heterocycles. The third-order valence-corrected chi connectivity index (χ3v) is 3.73. The maximum absolute atomic E-state index is 12.3. The first-order chi connectivity index (χ1) is 12.7. The molecule has 0 aromatic heterocycles. The van der Waals surface area contributed by atoms with Crippen molar-refractivity contribution in [3.05, 3.63) is 48.5 Å². The van der Waals surface area contributed by atoms with Gasteiger partial charge in [0, 0.05) is 0 Å². The van der Waals surface area contributed by atoms with E-state index < -0.39 is 6.10 Å². The summed E-state index contributed by atoms with van der Waals surface area (Å²) in [6, 6.07) is 14.5. The fourth-order valence-electron chi connectivity index (χ4n) is 2.33. The van der Waals surface area contributed by atoms with Crippen molar-refractivity contribution in [2.75, 3.05) is 27.4 Å². The molecule has 0 bridgehead atoms. The summed E-state index contributed by atoms with van der Waals surface area (Å²) < 4.78 is 21.7. The summed E-state index contributed by atoms with van der Waals surface area (Å²) in [6.45, 7) is 2.61. The minimum absolute atomic E-state index is 0.174. The van der Waals surface area contributed by atoms with Crippen LogP contribution in [0, 0.1) is 0 Å². The van der Waals surface area contributed by atoms with Crippen molar-refractivity contribution < 1.29 is 23.7 Å². The minimum Gasteiger partial charge on any atom is -0.497 e. The lowest BCUT2D eigenvalue weighted by Crippen LogP contribution is -2.39. The van der Waals surface area contributed by atoms with Crippen LogP contribution in [0.3, 0.4) is 0 Å². The quantitative estimate of drug-likeness (QED) is 0.661. The van der Waals surface area contributed by atoms with Gasteiger partial charge in [0.05, 0.1) is 20.8 Å². The smallest absolute Gasteiger partial charge is 0.261 e. The van der Waals surface area contributed by atoms with Crippen LogP contribution < -0.4 is 24.3 Å². The first kappa shape index (κ1) is 19.4. The van der Waals surface area contributed by atoms with E-state index in [4.69, 9.17) is 18.9 Å². The number of hydrogen-bond acceptors (Lipinski definition) is 5. The molecule has 0 aliphatic carbocycles. The Morgan fingerprint density at radius 3 is 2.23 bits per heavy atom. The van der Waals surface area contributed by atoms with Gasteiger partial charge >= 0.3 is 0 Å². The Bertz CT molecular complexity index is 687. The second kappa shape index (κ2) is 10.2. The number of carbonyl (C=O) groups is 1. The van der Waals surface area contributed by atoms with Crippen LogP contribution in [-0.4, -0.2) is 39.4 Å². The number of methoxy groups -OCH3 is 2. The van der Waals surface area contributed by atoms with Crippen molar-refractivity contribution >= 4 is 5.91 Å². The summed E-state index contributed by atoms with van der Waals surface area (Å²) in [7, 11) is 3.19. The van der Waals surface area contributed by atoms with E-state index in [9.17, 15) is 4.79 Å². The molecule has 2 aromatic carbocycles. The molecule has 26 heavy (non-hydrogen) atoms. The zero-order valence-corrected chi connectivity index (χ0v) is 15.4. The van der Waals surface area contributed by atoms with E-state index in [1.165, 1.54) is 0 Å². The Morgan fingerprint density at radius 1 is 0.962 bits per heavy atom. The SMILES string of the molecule is CCC(Oc1ccc(OC)cc1)C(=O)NCCOc1ccccc1OC. The molecule has 1 amide bonds. The van der Waals surface area contributed by atoms with Gasteiger partial charge in [-0.25, -0.2) is 0 Å². The normalized spacial score (nSPS) is 11.3. The molecule has 1 atom stereocenters. The Kier molecular flexibility index (Phi) is 7.61. The van der Waals surface area contributed by atoms with Gasteiger partial charge in [0.1, 0.15) is 18.1 Å². The highest BCUT2D eigenvalue weighted by molar-refractivity contribution is 5.81. The number of ether oxygens (including phenoxy) is 4. The zero-order valence-electron chi connectivity index (χ0n) is 15.4. The number of nitrogens with one attached hydrogen (secondary N) is 1. The van der Waals surface area contributed by atoms with E-state index in [0.717, 1.165) is 5.75 Å². The van der Waals surface area contributed by atoms with E-state index in [2.05, 4.69) is 5.32 Å². The van der Waals surface area contributed by atoms with Gasteiger partial charge in [-0.05, 0) is 42.8 Å². The van der Waals surface area contributed by atoms with Crippen LogP contribution in [0.1, 0.15) is 13.3 Å². The maximum Gasteiger partial charge on any atom is 0.261 e. The molecule has 2 aromatic rings. The summed E-state index contributed by atoms with van der Waals surface area (Å²) in [5.74, 6) is 2.49. The predicted molar refractivity (Wildman–Crippen MR) is 99.2 cm³/mol. The highest BCUT2D eigenvalue weighted by Gasteiger charge is 2.18. The monoisotopic (exact) mass is 359 g/mol. The van der Waals surface area contributed by atoms with Crippen LogP contribution in [0.4, 0.5) is 0 Å². The number of benzene rings is 2. The molecule has 0 aliphatic heterocycles. The molecular formula is C20H25NO5. The van der Waals surface area contributed by atoms with Crippen LogP contribution >= 0.6 is 0 Å². The molecule has 2 rings (SSSR count). The zero-order chi connectivity index (χ0) is 18.8. The van der Waals surface area contributed by atoms with Gasteiger partial charge < -0.3 is 24.3 Å².